The number of benzene rings is 1. The molecule has 3 heteroatoms. The van der Waals surface area contributed by atoms with Crippen molar-refractivity contribution in [2.45, 2.75) is 25.8 Å². The molecule has 0 aliphatic carbocycles. The molecule has 0 aliphatic heterocycles. The lowest BCUT2D eigenvalue weighted by atomic mass is 9.99. The molecule has 0 fully saturated rings. The van der Waals surface area contributed by atoms with Gasteiger partial charge in [0, 0.05) is 11.6 Å². The van der Waals surface area contributed by atoms with E-state index in [9.17, 15) is 0 Å². The van der Waals surface area contributed by atoms with Crippen LogP contribution in [0.15, 0.2) is 18.2 Å². The van der Waals surface area contributed by atoms with Gasteiger partial charge in [-0.25, -0.2) is 0 Å². The highest BCUT2D eigenvalue weighted by molar-refractivity contribution is 5.39. The standard InChI is InChI=1S/C13H22N2O/c1-10-6-7-13(16-3)11(9-10)12(15-2)5-4-8-14/h6-7,9,12,15H,4-5,8,14H2,1-3H3. The lowest BCUT2D eigenvalue weighted by Crippen LogP contribution is -2.18. The number of hydrogen-bond donors (Lipinski definition) is 2. The van der Waals surface area contributed by atoms with Gasteiger partial charge >= 0.3 is 0 Å². The zero-order valence-electron chi connectivity index (χ0n) is 10.4. The van der Waals surface area contributed by atoms with Crippen molar-refractivity contribution in [3.05, 3.63) is 29.3 Å². The molecule has 0 amide bonds. The Morgan fingerprint density at radius 1 is 1.44 bits per heavy atom. The third-order valence-corrected chi connectivity index (χ3v) is 2.81. The van der Waals surface area contributed by atoms with E-state index >= 15 is 0 Å². The second kappa shape index (κ2) is 6.51. The Hall–Kier alpha value is -1.06. The Labute approximate surface area is 98.0 Å². The number of ether oxygens (including phenoxy) is 1. The predicted molar refractivity (Wildman–Crippen MR) is 67.8 cm³/mol. The largest absolute Gasteiger partial charge is 0.496 e. The Morgan fingerprint density at radius 2 is 2.19 bits per heavy atom. The molecular weight excluding hydrogens is 200 g/mol. The molecule has 3 nitrogen and oxygen atoms in total. The number of nitrogens with one attached hydrogen (secondary N) is 1. The van der Waals surface area contributed by atoms with Crippen molar-refractivity contribution in [3.8, 4) is 5.75 Å². The minimum atomic E-state index is 0.318. The van der Waals surface area contributed by atoms with E-state index in [4.69, 9.17) is 10.5 Å². The van der Waals surface area contributed by atoms with Crippen molar-refractivity contribution in [2.24, 2.45) is 5.73 Å². The van der Waals surface area contributed by atoms with E-state index in [0.717, 1.165) is 25.1 Å². The molecule has 3 N–H and O–H groups in total. The van der Waals surface area contributed by atoms with Crippen molar-refractivity contribution < 1.29 is 4.74 Å². The van der Waals surface area contributed by atoms with Gasteiger partial charge in [-0.15, -0.1) is 0 Å². The van der Waals surface area contributed by atoms with Gasteiger partial charge in [-0.05, 0) is 39.4 Å². The van der Waals surface area contributed by atoms with Gasteiger partial charge in [0.25, 0.3) is 0 Å². The fraction of sp³-hybridized carbons (Fsp3) is 0.538. The molecular formula is C13H22N2O. The molecule has 16 heavy (non-hydrogen) atoms. The van der Waals surface area contributed by atoms with E-state index in [1.165, 1.54) is 11.1 Å². The first-order chi connectivity index (χ1) is 7.72. The highest BCUT2D eigenvalue weighted by atomic mass is 16.5. The fourth-order valence-corrected chi connectivity index (χ4v) is 1.90. The molecule has 1 aromatic rings. The molecule has 0 spiro atoms. The smallest absolute Gasteiger partial charge is 0.123 e. The Morgan fingerprint density at radius 3 is 2.75 bits per heavy atom. The molecule has 0 heterocycles. The maximum atomic E-state index is 5.55. The van der Waals surface area contributed by atoms with Crippen LogP contribution in [0.5, 0.6) is 5.75 Å². The first-order valence-corrected chi connectivity index (χ1v) is 5.74. The summed E-state index contributed by atoms with van der Waals surface area (Å²) in [7, 11) is 3.69. The van der Waals surface area contributed by atoms with E-state index in [1.807, 2.05) is 13.1 Å². The molecule has 0 aliphatic rings. The SMILES string of the molecule is CNC(CCCN)c1cc(C)ccc1OC. The van der Waals surface area contributed by atoms with Crippen LogP contribution < -0.4 is 15.8 Å². The number of aryl methyl sites for hydroxylation is 1. The van der Waals surface area contributed by atoms with Crippen LogP contribution in [0.25, 0.3) is 0 Å². The summed E-state index contributed by atoms with van der Waals surface area (Å²) in [6.45, 7) is 2.82. The topological polar surface area (TPSA) is 47.3 Å². The number of methoxy groups -OCH3 is 1. The summed E-state index contributed by atoms with van der Waals surface area (Å²) < 4.78 is 5.39. The van der Waals surface area contributed by atoms with Gasteiger partial charge in [-0.1, -0.05) is 17.7 Å². The quantitative estimate of drug-likeness (QED) is 0.774. The average Bonchev–Trinajstić information content (AvgIpc) is 2.30. The fourth-order valence-electron chi connectivity index (χ4n) is 1.90. The van der Waals surface area contributed by atoms with Crippen molar-refractivity contribution in [1.82, 2.24) is 5.32 Å². The van der Waals surface area contributed by atoms with Crippen molar-refractivity contribution in [2.75, 3.05) is 20.7 Å². The molecule has 1 atom stereocenters. The van der Waals surface area contributed by atoms with Crippen LogP contribution in [0, 0.1) is 6.92 Å². The molecule has 0 saturated carbocycles. The molecule has 1 aromatic carbocycles. The average molecular weight is 222 g/mol. The second-order valence-corrected chi connectivity index (χ2v) is 4.02. The minimum absolute atomic E-state index is 0.318. The Balaban J connectivity index is 2.92. The second-order valence-electron chi connectivity index (χ2n) is 4.02. The van der Waals surface area contributed by atoms with Gasteiger partial charge in [0.05, 0.1) is 7.11 Å². The van der Waals surface area contributed by atoms with Gasteiger partial charge in [0.15, 0.2) is 0 Å². The lowest BCUT2D eigenvalue weighted by molar-refractivity contribution is 0.397. The van der Waals surface area contributed by atoms with Crippen LogP contribution in [0.4, 0.5) is 0 Å². The van der Waals surface area contributed by atoms with E-state index < -0.39 is 0 Å². The first-order valence-electron chi connectivity index (χ1n) is 5.74. The number of nitrogens with two attached hydrogens (primary N) is 1. The van der Waals surface area contributed by atoms with Crippen molar-refractivity contribution >= 4 is 0 Å². The van der Waals surface area contributed by atoms with E-state index in [0.29, 0.717) is 6.04 Å². The Kier molecular flexibility index (Phi) is 5.29. The molecule has 0 radical (unpaired) electrons. The van der Waals surface area contributed by atoms with Gasteiger partial charge in [-0.3, -0.25) is 0 Å². The van der Waals surface area contributed by atoms with Crippen LogP contribution in [0.3, 0.4) is 0 Å². The van der Waals surface area contributed by atoms with E-state index in [-0.39, 0.29) is 0 Å². The monoisotopic (exact) mass is 222 g/mol. The highest BCUT2D eigenvalue weighted by Gasteiger charge is 2.13. The van der Waals surface area contributed by atoms with Crippen molar-refractivity contribution in [1.29, 1.82) is 0 Å². The zero-order chi connectivity index (χ0) is 12.0. The predicted octanol–water partition coefficient (Wildman–Crippen LogP) is 2.00. The third kappa shape index (κ3) is 3.22. The lowest BCUT2D eigenvalue weighted by Gasteiger charge is -2.19. The molecule has 1 rings (SSSR count). The summed E-state index contributed by atoms with van der Waals surface area (Å²) in [5, 5.41) is 3.32. The minimum Gasteiger partial charge on any atom is -0.496 e. The number of hydrogen-bond acceptors (Lipinski definition) is 3. The molecule has 0 aromatic heterocycles. The van der Waals surface area contributed by atoms with Gasteiger partial charge in [0.2, 0.25) is 0 Å². The molecule has 90 valence electrons. The number of rotatable bonds is 6. The Bertz CT molecular complexity index is 326. The zero-order valence-corrected chi connectivity index (χ0v) is 10.4. The maximum Gasteiger partial charge on any atom is 0.123 e. The van der Waals surface area contributed by atoms with E-state index in [2.05, 4.69) is 24.4 Å². The van der Waals surface area contributed by atoms with Crippen LogP contribution >= 0.6 is 0 Å². The normalized spacial score (nSPS) is 12.5. The maximum absolute atomic E-state index is 5.55. The third-order valence-electron chi connectivity index (χ3n) is 2.81. The molecule has 0 saturated heterocycles. The van der Waals surface area contributed by atoms with Crippen LogP contribution in [0.1, 0.15) is 30.0 Å². The summed E-state index contributed by atoms with van der Waals surface area (Å²) in [5.41, 5.74) is 8.03. The molecule has 1 unspecified atom stereocenters. The van der Waals surface area contributed by atoms with Gasteiger partial charge in [0.1, 0.15) is 5.75 Å². The molecule has 0 bridgehead atoms. The summed E-state index contributed by atoms with van der Waals surface area (Å²) in [6.07, 6.45) is 2.05. The van der Waals surface area contributed by atoms with Gasteiger partial charge in [-0.2, -0.15) is 0 Å². The first kappa shape index (κ1) is 13.0. The van der Waals surface area contributed by atoms with Crippen LogP contribution in [0.2, 0.25) is 0 Å². The highest BCUT2D eigenvalue weighted by Crippen LogP contribution is 2.28. The van der Waals surface area contributed by atoms with Gasteiger partial charge < -0.3 is 15.8 Å². The summed E-state index contributed by atoms with van der Waals surface area (Å²) >= 11 is 0. The summed E-state index contributed by atoms with van der Waals surface area (Å²) in [4.78, 5) is 0. The summed E-state index contributed by atoms with van der Waals surface area (Å²) in [6, 6.07) is 6.59. The van der Waals surface area contributed by atoms with Crippen molar-refractivity contribution in [3.63, 3.8) is 0 Å². The van der Waals surface area contributed by atoms with Crippen LogP contribution in [-0.4, -0.2) is 20.7 Å². The van der Waals surface area contributed by atoms with E-state index in [1.54, 1.807) is 7.11 Å². The van der Waals surface area contributed by atoms with Crippen LogP contribution in [-0.2, 0) is 0 Å². The summed E-state index contributed by atoms with van der Waals surface area (Å²) in [5.74, 6) is 0.946.